The first-order chi connectivity index (χ1) is 9.17. The second kappa shape index (κ2) is 6.52. The second-order valence-electron chi connectivity index (χ2n) is 5.07. The van der Waals surface area contributed by atoms with Crippen LogP contribution >= 0.6 is 0 Å². The summed E-state index contributed by atoms with van der Waals surface area (Å²) in [5, 5.41) is 3.15. The summed E-state index contributed by atoms with van der Waals surface area (Å²) in [4.78, 5) is 2.31. The molecular weight excluding hydrogens is 244 g/mol. The maximum Gasteiger partial charge on any atom is 0.118 e. The molecule has 1 saturated heterocycles. The molecule has 0 spiro atoms. The topological polar surface area (TPSA) is 46.9 Å². The summed E-state index contributed by atoms with van der Waals surface area (Å²) in [6.07, 6.45) is 0.302. The molecule has 0 aliphatic carbocycles. The highest BCUT2D eigenvalue weighted by Crippen LogP contribution is 2.21. The lowest BCUT2D eigenvalue weighted by molar-refractivity contribution is -0.00461. The smallest absolute Gasteiger partial charge is 0.118 e. The van der Waals surface area contributed by atoms with Gasteiger partial charge in [-0.25, -0.2) is 0 Å². The average Bonchev–Trinajstić information content (AvgIpc) is 2.94. The molecular formula is C14H24N2O3. The zero-order valence-electron chi connectivity index (χ0n) is 12.2. The molecule has 0 aromatic carbocycles. The first-order valence-corrected chi connectivity index (χ1v) is 6.68. The zero-order chi connectivity index (χ0) is 13.8. The number of furan rings is 1. The summed E-state index contributed by atoms with van der Waals surface area (Å²) in [5.41, 5.74) is 1.23. The van der Waals surface area contributed by atoms with E-state index in [9.17, 15) is 0 Å². The lowest BCUT2D eigenvalue weighted by atomic mass is 10.2. The molecule has 19 heavy (non-hydrogen) atoms. The summed E-state index contributed by atoms with van der Waals surface area (Å²) in [6, 6.07) is 2.13. The molecule has 0 bridgehead atoms. The molecule has 108 valence electrons. The third-order valence-corrected chi connectivity index (χ3v) is 3.71. The van der Waals surface area contributed by atoms with Gasteiger partial charge in [0, 0.05) is 39.4 Å². The van der Waals surface area contributed by atoms with Crippen LogP contribution in [-0.4, -0.2) is 51.5 Å². The van der Waals surface area contributed by atoms with Crippen LogP contribution in [0.5, 0.6) is 0 Å². The molecule has 2 unspecified atom stereocenters. The molecule has 1 aromatic heterocycles. The lowest BCUT2D eigenvalue weighted by Crippen LogP contribution is -2.27. The fourth-order valence-electron chi connectivity index (χ4n) is 2.65. The number of ether oxygens (including phenoxy) is 2. The SMILES string of the molecule is CNCc1cc(CN2CC(OC)C(OC)C2)oc1C. The Morgan fingerprint density at radius 2 is 1.95 bits per heavy atom. The molecule has 2 heterocycles. The van der Waals surface area contributed by atoms with E-state index in [4.69, 9.17) is 13.9 Å². The number of aryl methyl sites for hydroxylation is 1. The Morgan fingerprint density at radius 1 is 1.32 bits per heavy atom. The van der Waals surface area contributed by atoms with Crippen molar-refractivity contribution in [1.82, 2.24) is 10.2 Å². The van der Waals surface area contributed by atoms with Gasteiger partial charge in [-0.3, -0.25) is 4.90 Å². The summed E-state index contributed by atoms with van der Waals surface area (Å²) in [5.74, 6) is 2.00. The minimum Gasteiger partial charge on any atom is -0.465 e. The molecule has 1 aliphatic heterocycles. The van der Waals surface area contributed by atoms with Gasteiger partial charge in [-0.15, -0.1) is 0 Å². The monoisotopic (exact) mass is 268 g/mol. The number of methoxy groups -OCH3 is 2. The normalized spacial score (nSPS) is 24.2. The van der Waals surface area contributed by atoms with Gasteiger partial charge in [0.2, 0.25) is 0 Å². The van der Waals surface area contributed by atoms with E-state index in [-0.39, 0.29) is 12.2 Å². The van der Waals surface area contributed by atoms with E-state index in [0.29, 0.717) is 0 Å². The van der Waals surface area contributed by atoms with Crippen molar-refractivity contribution in [3.05, 3.63) is 23.2 Å². The number of nitrogens with zero attached hydrogens (tertiary/aromatic N) is 1. The van der Waals surface area contributed by atoms with Crippen molar-refractivity contribution in [1.29, 1.82) is 0 Å². The summed E-state index contributed by atoms with van der Waals surface area (Å²) >= 11 is 0. The molecule has 1 N–H and O–H groups in total. The van der Waals surface area contributed by atoms with Gasteiger partial charge in [0.05, 0.1) is 18.8 Å². The van der Waals surface area contributed by atoms with Crippen LogP contribution in [-0.2, 0) is 22.6 Å². The summed E-state index contributed by atoms with van der Waals surface area (Å²) in [7, 11) is 5.42. The molecule has 1 fully saturated rings. The minimum absolute atomic E-state index is 0.151. The molecule has 0 amide bonds. The van der Waals surface area contributed by atoms with Crippen LogP contribution in [0.15, 0.2) is 10.5 Å². The Hall–Kier alpha value is -0.880. The largest absolute Gasteiger partial charge is 0.465 e. The third-order valence-electron chi connectivity index (χ3n) is 3.71. The quantitative estimate of drug-likeness (QED) is 0.838. The van der Waals surface area contributed by atoms with Crippen molar-refractivity contribution < 1.29 is 13.9 Å². The van der Waals surface area contributed by atoms with Crippen molar-refractivity contribution in [3.8, 4) is 0 Å². The Kier molecular flexibility index (Phi) is 4.99. The van der Waals surface area contributed by atoms with Gasteiger partial charge in [0.1, 0.15) is 11.5 Å². The predicted octanol–water partition coefficient (Wildman–Crippen LogP) is 1.15. The molecule has 1 aliphatic rings. The van der Waals surface area contributed by atoms with Gasteiger partial charge < -0.3 is 19.2 Å². The molecule has 5 nitrogen and oxygen atoms in total. The number of hydrogen-bond donors (Lipinski definition) is 1. The second-order valence-corrected chi connectivity index (χ2v) is 5.07. The summed E-state index contributed by atoms with van der Waals surface area (Å²) in [6.45, 7) is 5.43. The van der Waals surface area contributed by atoms with Crippen molar-refractivity contribution in [2.75, 3.05) is 34.4 Å². The number of hydrogen-bond acceptors (Lipinski definition) is 5. The molecule has 1 aromatic rings. The van der Waals surface area contributed by atoms with Crippen LogP contribution in [0.1, 0.15) is 17.1 Å². The maximum atomic E-state index is 5.80. The minimum atomic E-state index is 0.151. The van der Waals surface area contributed by atoms with E-state index in [1.165, 1.54) is 5.56 Å². The van der Waals surface area contributed by atoms with Gasteiger partial charge in [-0.1, -0.05) is 0 Å². The van der Waals surface area contributed by atoms with Gasteiger partial charge >= 0.3 is 0 Å². The standard InChI is InChI=1S/C14H24N2O3/c1-10-11(6-15-2)5-12(19-10)7-16-8-13(17-3)14(9-16)18-4/h5,13-15H,6-9H2,1-4H3. The summed E-state index contributed by atoms with van der Waals surface area (Å²) < 4.78 is 16.7. The van der Waals surface area contributed by atoms with Gasteiger partial charge in [-0.05, 0) is 20.0 Å². The Morgan fingerprint density at radius 3 is 2.47 bits per heavy atom. The maximum absolute atomic E-state index is 5.80. The van der Waals surface area contributed by atoms with E-state index in [2.05, 4.69) is 16.3 Å². The van der Waals surface area contributed by atoms with Crippen molar-refractivity contribution in [2.24, 2.45) is 0 Å². The fourth-order valence-corrected chi connectivity index (χ4v) is 2.65. The van der Waals surface area contributed by atoms with E-state index in [1.54, 1.807) is 14.2 Å². The van der Waals surface area contributed by atoms with Crippen molar-refractivity contribution in [2.45, 2.75) is 32.2 Å². The molecule has 2 atom stereocenters. The average molecular weight is 268 g/mol. The highest BCUT2D eigenvalue weighted by molar-refractivity contribution is 5.20. The molecule has 0 saturated carbocycles. The number of rotatable bonds is 6. The number of nitrogens with one attached hydrogen (secondary N) is 1. The van der Waals surface area contributed by atoms with E-state index >= 15 is 0 Å². The van der Waals surface area contributed by atoms with Crippen LogP contribution in [0.25, 0.3) is 0 Å². The third kappa shape index (κ3) is 3.36. The van der Waals surface area contributed by atoms with E-state index in [0.717, 1.165) is 37.7 Å². The molecule has 0 radical (unpaired) electrons. The Labute approximate surface area is 114 Å². The van der Waals surface area contributed by atoms with E-state index < -0.39 is 0 Å². The van der Waals surface area contributed by atoms with Crippen LogP contribution in [0.3, 0.4) is 0 Å². The van der Waals surface area contributed by atoms with Crippen LogP contribution in [0.4, 0.5) is 0 Å². The van der Waals surface area contributed by atoms with Crippen LogP contribution in [0, 0.1) is 6.92 Å². The zero-order valence-corrected chi connectivity index (χ0v) is 12.2. The van der Waals surface area contributed by atoms with Crippen LogP contribution in [0.2, 0.25) is 0 Å². The van der Waals surface area contributed by atoms with Crippen molar-refractivity contribution in [3.63, 3.8) is 0 Å². The highest BCUT2D eigenvalue weighted by atomic mass is 16.5. The molecule has 5 heteroatoms. The van der Waals surface area contributed by atoms with Crippen LogP contribution < -0.4 is 5.32 Å². The van der Waals surface area contributed by atoms with Gasteiger partial charge in [0.25, 0.3) is 0 Å². The van der Waals surface area contributed by atoms with Crippen molar-refractivity contribution >= 4 is 0 Å². The van der Waals surface area contributed by atoms with Gasteiger partial charge in [0.15, 0.2) is 0 Å². The first-order valence-electron chi connectivity index (χ1n) is 6.68. The lowest BCUT2D eigenvalue weighted by Gasteiger charge is -2.13. The van der Waals surface area contributed by atoms with Gasteiger partial charge in [-0.2, -0.15) is 0 Å². The number of likely N-dealkylation sites (tertiary alicyclic amines) is 1. The van der Waals surface area contributed by atoms with E-state index in [1.807, 2.05) is 14.0 Å². The fraction of sp³-hybridized carbons (Fsp3) is 0.714. The Bertz CT molecular complexity index is 393. The molecule has 2 rings (SSSR count). The highest BCUT2D eigenvalue weighted by Gasteiger charge is 2.33. The first kappa shape index (κ1) is 14.5. The predicted molar refractivity (Wildman–Crippen MR) is 73.1 cm³/mol. The Balaban J connectivity index is 1.96.